The van der Waals surface area contributed by atoms with E-state index in [0.29, 0.717) is 30.3 Å². The summed E-state index contributed by atoms with van der Waals surface area (Å²) in [6.45, 7) is 0.465. The number of carboxylic acid groups (broad SMARTS) is 2. The van der Waals surface area contributed by atoms with Crippen molar-refractivity contribution in [2.45, 2.75) is 63.9 Å². The molecule has 0 aromatic rings. The predicted octanol–water partition coefficient (Wildman–Crippen LogP) is 3.95. The van der Waals surface area contributed by atoms with Crippen molar-refractivity contribution in [2.75, 3.05) is 27.7 Å². The molecule has 0 amide bonds. The van der Waals surface area contributed by atoms with Gasteiger partial charge in [-0.05, 0) is 38.5 Å². The molecule has 0 rings (SSSR count). The zero-order chi connectivity index (χ0) is 22.8. The van der Waals surface area contributed by atoms with E-state index in [4.69, 9.17) is 14.9 Å². The van der Waals surface area contributed by atoms with E-state index in [1.165, 1.54) is 0 Å². The monoisotopic (exact) mass is 424 g/mol. The Bertz CT molecular complexity index is 601. The summed E-state index contributed by atoms with van der Waals surface area (Å²) in [6, 6.07) is 0. The van der Waals surface area contributed by atoms with Crippen LogP contribution in [-0.4, -0.2) is 66.4 Å². The third kappa shape index (κ3) is 20.3. The van der Waals surface area contributed by atoms with Gasteiger partial charge in [-0.3, -0.25) is 14.4 Å². The fourth-order valence-corrected chi connectivity index (χ4v) is 2.71. The first-order valence-electron chi connectivity index (χ1n) is 10.5. The summed E-state index contributed by atoms with van der Waals surface area (Å²) in [4.78, 5) is 33.3. The van der Waals surface area contributed by atoms with E-state index < -0.39 is 18.0 Å². The van der Waals surface area contributed by atoms with E-state index in [9.17, 15) is 14.4 Å². The largest absolute Gasteiger partial charge is 0.481 e. The van der Waals surface area contributed by atoms with Gasteiger partial charge < -0.3 is 19.4 Å². The Morgan fingerprint density at radius 2 is 1.37 bits per heavy atom. The maximum Gasteiger partial charge on any atom is 0.307 e. The second-order valence-electron chi connectivity index (χ2n) is 8.25. The van der Waals surface area contributed by atoms with Gasteiger partial charge in [0, 0.05) is 12.8 Å². The number of nitrogens with zero attached hydrogens (tertiary/aromatic N) is 1. The maximum absolute atomic E-state index is 12.0. The number of esters is 1. The Hall–Kier alpha value is -2.41. The fraction of sp³-hybridized carbons (Fsp3) is 0.609. The lowest BCUT2D eigenvalue weighted by atomic mass is 10.1. The van der Waals surface area contributed by atoms with E-state index >= 15 is 0 Å². The van der Waals surface area contributed by atoms with Gasteiger partial charge in [-0.25, -0.2) is 0 Å². The van der Waals surface area contributed by atoms with Crippen LogP contribution in [0.15, 0.2) is 36.5 Å². The number of rotatable bonds is 17. The van der Waals surface area contributed by atoms with Crippen LogP contribution in [0.1, 0.15) is 57.8 Å². The Labute approximate surface area is 180 Å². The van der Waals surface area contributed by atoms with Crippen LogP contribution in [0.2, 0.25) is 0 Å². The van der Waals surface area contributed by atoms with Crippen molar-refractivity contribution in [2.24, 2.45) is 0 Å². The highest BCUT2D eigenvalue weighted by Crippen LogP contribution is 2.09. The topological polar surface area (TPSA) is 101 Å². The summed E-state index contributed by atoms with van der Waals surface area (Å²) in [5.74, 6) is -2.08. The summed E-state index contributed by atoms with van der Waals surface area (Å²) in [6.07, 6.45) is 16.5. The average molecular weight is 425 g/mol. The van der Waals surface area contributed by atoms with Crippen LogP contribution in [0.3, 0.4) is 0 Å². The van der Waals surface area contributed by atoms with Gasteiger partial charge in [0.1, 0.15) is 6.54 Å². The lowest BCUT2D eigenvalue weighted by Gasteiger charge is -2.28. The molecule has 0 saturated carbocycles. The molecule has 1 atom stereocenters. The molecule has 0 aliphatic carbocycles. The minimum absolute atomic E-state index is 0.166. The normalized spacial score (nSPS) is 13.3. The molecule has 1 unspecified atom stereocenters. The number of carboxylic acids is 2. The lowest BCUT2D eigenvalue weighted by molar-refractivity contribution is -0.873. The van der Waals surface area contributed by atoms with E-state index in [2.05, 4.69) is 18.2 Å². The SMILES string of the molecule is C[N+](C)(C)CC(CC(=O)O)OC(=O)CCCC/C=C/C/C=C/C/C=C/CCC(=O)O. The van der Waals surface area contributed by atoms with E-state index in [1.807, 2.05) is 39.4 Å². The average Bonchev–Trinajstić information content (AvgIpc) is 2.59. The second-order valence-corrected chi connectivity index (χ2v) is 8.25. The van der Waals surface area contributed by atoms with E-state index in [-0.39, 0.29) is 18.8 Å². The fourth-order valence-electron chi connectivity index (χ4n) is 2.71. The highest BCUT2D eigenvalue weighted by molar-refractivity contribution is 5.71. The van der Waals surface area contributed by atoms with Crippen molar-refractivity contribution in [3.8, 4) is 0 Å². The molecule has 0 aromatic heterocycles. The highest BCUT2D eigenvalue weighted by atomic mass is 16.5. The van der Waals surface area contributed by atoms with E-state index in [1.54, 1.807) is 0 Å². The van der Waals surface area contributed by atoms with Crippen LogP contribution in [-0.2, 0) is 19.1 Å². The number of likely N-dealkylation sites (N-methyl/N-ethyl adjacent to an activating group) is 1. The van der Waals surface area contributed by atoms with Crippen LogP contribution in [0, 0.1) is 0 Å². The first-order chi connectivity index (χ1) is 14.1. The van der Waals surface area contributed by atoms with Gasteiger partial charge in [-0.2, -0.15) is 0 Å². The van der Waals surface area contributed by atoms with Gasteiger partial charge in [-0.1, -0.05) is 36.5 Å². The quantitative estimate of drug-likeness (QED) is 0.159. The van der Waals surface area contributed by atoms with Crippen LogP contribution in [0.4, 0.5) is 0 Å². The number of unbranched alkanes of at least 4 members (excludes halogenated alkanes) is 2. The number of quaternary nitrogens is 1. The summed E-state index contributed by atoms with van der Waals surface area (Å²) >= 11 is 0. The summed E-state index contributed by atoms with van der Waals surface area (Å²) < 4.78 is 5.89. The van der Waals surface area contributed by atoms with Gasteiger partial charge in [-0.15, -0.1) is 0 Å². The zero-order valence-corrected chi connectivity index (χ0v) is 18.6. The van der Waals surface area contributed by atoms with Gasteiger partial charge in [0.25, 0.3) is 0 Å². The van der Waals surface area contributed by atoms with Gasteiger partial charge in [0.05, 0.1) is 27.6 Å². The molecule has 0 saturated heterocycles. The highest BCUT2D eigenvalue weighted by Gasteiger charge is 2.24. The van der Waals surface area contributed by atoms with Crippen LogP contribution in [0.25, 0.3) is 0 Å². The smallest absolute Gasteiger partial charge is 0.307 e. The first-order valence-corrected chi connectivity index (χ1v) is 10.5. The number of allylic oxidation sites excluding steroid dienone is 6. The molecule has 7 nitrogen and oxygen atoms in total. The van der Waals surface area contributed by atoms with Crippen molar-refractivity contribution in [3.63, 3.8) is 0 Å². The maximum atomic E-state index is 12.0. The summed E-state index contributed by atoms with van der Waals surface area (Å²) in [5.41, 5.74) is 0. The molecule has 7 heteroatoms. The Balaban J connectivity index is 3.87. The number of carbonyl (C=O) groups is 3. The standard InChI is InChI=1S/C23H37NO6/c1-24(2,3)19-20(18-22(27)28)30-23(29)17-15-13-11-9-7-5-4-6-8-10-12-14-16-21(25)26/h4,6-7,9-10,12,20H,5,8,11,13-19H2,1-3H3,(H-,25,26,27,28)/p+1/b6-4+,9-7+,12-10+. The molecule has 170 valence electrons. The molecular formula is C23H38NO6+. The number of hydrogen-bond donors (Lipinski definition) is 2. The molecule has 0 spiro atoms. The Kier molecular flexibility index (Phi) is 15.1. The van der Waals surface area contributed by atoms with Crippen LogP contribution >= 0.6 is 0 Å². The molecule has 2 N–H and O–H groups in total. The number of ether oxygens (including phenoxy) is 1. The molecular weight excluding hydrogens is 386 g/mol. The van der Waals surface area contributed by atoms with Crippen LogP contribution < -0.4 is 0 Å². The summed E-state index contributed by atoms with van der Waals surface area (Å²) in [5, 5.41) is 17.5. The first kappa shape index (κ1) is 27.6. The van der Waals surface area contributed by atoms with Gasteiger partial charge in [0.15, 0.2) is 6.10 Å². The van der Waals surface area contributed by atoms with Crippen LogP contribution in [0.5, 0.6) is 0 Å². The van der Waals surface area contributed by atoms with Crippen molar-refractivity contribution in [1.29, 1.82) is 0 Å². The summed E-state index contributed by atoms with van der Waals surface area (Å²) in [7, 11) is 5.80. The van der Waals surface area contributed by atoms with Gasteiger partial charge >= 0.3 is 17.9 Å². The molecule has 30 heavy (non-hydrogen) atoms. The molecule has 0 bridgehead atoms. The van der Waals surface area contributed by atoms with Crippen molar-refractivity contribution >= 4 is 17.9 Å². The van der Waals surface area contributed by atoms with Crippen molar-refractivity contribution in [1.82, 2.24) is 0 Å². The zero-order valence-electron chi connectivity index (χ0n) is 18.6. The van der Waals surface area contributed by atoms with Crippen molar-refractivity contribution < 1.29 is 33.8 Å². The minimum atomic E-state index is -0.963. The number of hydrogen-bond acceptors (Lipinski definition) is 4. The Morgan fingerprint density at radius 3 is 1.90 bits per heavy atom. The third-order valence-corrected chi connectivity index (χ3v) is 4.02. The lowest BCUT2D eigenvalue weighted by Crippen LogP contribution is -2.43. The molecule has 0 aliphatic rings. The third-order valence-electron chi connectivity index (χ3n) is 4.02. The van der Waals surface area contributed by atoms with Gasteiger partial charge in [0.2, 0.25) is 0 Å². The molecule has 0 radical (unpaired) electrons. The van der Waals surface area contributed by atoms with Crippen molar-refractivity contribution in [3.05, 3.63) is 36.5 Å². The molecule has 0 fully saturated rings. The predicted molar refractivity (Wildman–Crippen MR) is 117 cm³/mol. The molecule has 0 aliphatic heterocycles. The molecule has 0 heterocycles. The second kappa shape index (κ2) is 16.4. The van der Waals surface area contributed by atoms with E-state index in [0.717, 1.165) is 25.7 Å². The molecule has 0 aromatic carbocycles. The number of aliphatic carboxylic acids is 2. The minimum Gasteiger partial charge on any atom is -0.481 e. The Morgan fingerprint density at radius 1 is 0.800 bits per heavy atom. The number of carbonyl (C=O) groups excluding carboxylic acids is 1.